The average Bonchev–Trinajstić information content (AvgIpc) is 2.70. The summed E-state index contributed by atoms with van der Waals surface area (Å²) in [6.07, 6.45) is 2.61. The van der Waals surface area contributed by atoms with Crippen LogP contribution in [0, 0.1) is 12.3 Å². The molecule has 1 aromatic rings. The van der Waals surface area contributed by atoms with Crippen LogP contribution in [-0.2, 0) is 17.7 Å². The van der Waals surface area contributed by atoms with Crippen molar-refractivity contribution < 1.29 is 4.74 Å². The van der Waals surface area contributed by atoms with Gasteiger partial charge in [0.05, 0.1) is 11.8 Å². The molecule has 1 saturated carbocycles. The second-order valence-corrected chi connectivity index (χ2v) is 6.37. The maximum atomic E-state index is 5.86. The lowest BCUT2D eigenvalue weighted by atomic mass is 9.64. The van der Waals surface area contributed by atoms with Crippen LogP contribution in [-0.4, -0.2) is 28.8 Å². The van der Waals surface area contributed by atoms with Crippen LogP contribution >= 0.6 is 0 Å². The highest BCUT2D eigenvalue weighted by atomic mass is 16.5. The molecule has 0 saturated heterocycles. The van der Waals surface area contributed by atoms with Crippen molar-refractivity contribution >= 4 is 0 Å². The number of fused-ring (bicyclic) bond motifs is 1. The summed E-state index contributed by atoms with van der Waals surface area (Å²) in [6.45, 7) is 11.7. The van der Waals surface area contributed by atoms with Crippen molar-refractivity contribution in [1.82, 2.24) is 14.9 Å². The second kappa shape index (κ2) is 4.60. The monoisotopic (exact) mass is 263 g/mol. The maximum absolute atomic E-state index is 5.86. The number of hydrogen-bond donors (Lipinski definition) is 1. The lowest BCUT2D eigenvalue weighted by molar-refractivity contribution is -0.128. The minimum absolute atomic E-state index is 0.208. The molecule has 1 aromatic heterocycles. The Bertz CT molecular complexity index is 478. The van der Waals surface area contributed by atoms with Crippen LogP contribution in [0.2, 0.25) is 0 Å². The largest absolute Gasteiger partial charge is 0.378 e. The van der Waals surface area contributed by atoms with Crippen molar-refractivity contribution in [2.75, 3.05) is 13.2 Å². The number of ether oxygens (including phenoxy) is 1. The Kier molecular flexibility index (Phi) is 3.18. The Morgan fingerprint density at radius 1 is 1.47 bits per heavy atom. The molecule has 1 fully saturated rings. The van der Waals surface area contributed by atoms with Crippen molar-refractivity contribution in [3.05, 3.63) is 17.2 Å². The van der Waals surface area contributed by atoms with Gasteiger partial charge < -0.3 is 14.6 Å². The molecule has 1 aliphatic carbocycles. The van der Waals surface area contributed by atoms with Crippen molar-refractivity contribution in [3.8, 4) is 0 Å². The predicted octanol–water partition coefficient (Wildman–Crippen LogP) is 2.21. The van der Waals surface area contributed by atoms with Crippen LogP contribution in [0.4, 0.5) is 0 Å². The molecule has 2 heterocycles. The van der Waals surface area contributed by atoms with E-state index in [4.69, 9.17) is 9.72 Å². The van der Waals surface area contributed by atoms with E-state index >= 15 is 0 Å². The summed E-state index contributed by atoms with van der Waals surface area (Å²) in [5, 5.41) is 3.41. The van der Waals surface area contributed by atoms with Crippen molar-refractivity contribution in [2.45, 2.75) is 59.2 Å². The quantitative estimate of drug-likeness (QED) is 0.909. The Labute approximate surface area is 115 Å². The van der Waals surface area contributed by atoms with Gasteiger partial charge in [-0.3, -0.25) is 0 Å². The van der Waals surface area contributed by atoms with E-state index < -0.39 is 0 Å². The summed E-state index contributed by atoms with van der Waals surface area (Å²) >= 11 is 0. The zero-order valence-electron chi connectivity index (χ0n) is 12.5. The highest BCUT2D eigenvalue weighted by Crippen LogP contribution is 2.52. The topological polar surface area (TPSA) is 39.1 Å². The molecular weight excluding hydrogens is 238 g/mol. The van der Waals surface area contributed by atoms with Gasteiger partial charge in [-0.15, -0.1) is 0 Å². The van der Waals surface area contributed by atoms with E-state index in [1.165, 1.54) is 17.2 Å². The van der Waals surface area contributed by atoms with E-state index in [-0.39, 0.29) is 5.41 Å². The lowest BCUT2D eigenvalue weighted by Gasteiger charge is -2.52. The normalized spacial score (nSPS) is 28.8. The summed E-state index contributed by atoms with van der Waals surface area (Å²) in [6, 6.07) is 0.540. The van der Waals surface area contributed by atoms with Crippen LogP contribution in [0.5, 0.6) is 0 Å². The predicted molar refractivity (Wildman–Crippen MR) is 75.2 cm³/mol. The number of aromatic nitrogens is 2. The van der Waals surface area contributed by atoms with E-state index in [0.29, 0.717) is 12.1 Å². The average molecular weight is 263 g/mol. The van der Waals surface area contributed by atoms with Gasteiger partial charge in [0.1, 0.15) is 5.82 Å². The van der Waals surface area contributed by atoms with Gasteiger partial charge in [-0.05, 0) is 20.3 Å². The zero-order chi connectivity index (χ0) is 13.6. The summed E-state index contributed by atoms with van der Waals surface area (Å²) in [5.74, 6) is 1.17. The van der Waals surface area contributed by atoms with Crippen LogP contribution in [0.1, 0.15) is 50.4 Å². The van der Waals surface area contributed by atoms with Crippen molar-refractivity contribution in [3.63, 3.8) is 0 Å². The molecule has 0 spiro atoms. The summed E-state index contributed by atoms with van der Waals surface area (Å²) in [4.78, 5) is 4.75. The first-order valence-electron chi connectivity index (χ1n) is 7.44. The molecule has 1 N–H and O–H groups in total. The van der Waals surface area contributed by atoms with Crippen molar-refractivity contribution in [2.24, 2.45) is 5.41 Å². The second-order valence-electron chi connectivity index (χ2n) is 6.37. The molecule has 2 aliphatic rings. The first-order valence-corrected chi connectivity index (χ1v) is 7.44. The number of hydrogen-bond acceptors (Lipinski definition) is 3. The molecule has 2 atom stereocenters. The van der Waals surface area contributed by atoms with Gasteiger partial charge in [0.25, 0.3) is 0 Å². The molecule has 3 rings (SSSR count). The van der Waals surface area contributed by atoms with E-state index in [0.717, 1.165) is 32.5 Å². The van der Waals surface area contributed by atoms with E-state index in [1.807, 2.05) is 0 Å². The van der Waals surface area contributed by atoms with Gasteiger partial charge in [-0.25, -0.2) is 4.98 Å². The SMILES string of the molecule is CCOC1CC(n2c(C)nc3c2CCNC3)C1(C)C. The third-order valence-electron chi connectivity index (χ3n) is 4.91. The fourth-order valence-corrected chi connectivity index (χ4v) is 3.67. The molecule has 1 aliphatic heterocycles. The number of nitrogens with zero attached hydrogens (tertiary/aromatic N) is 2. The van der Waals surface area contributed by atoms with Gasteiger partial charge in [0.2, 0.25) is 0 Å². The fourth-order valence-electron chi connectivity index (χ4n) is 3.67. The molecule has 106 valence electrons. The Balaban J connectivity index is 1.90. The summed E-state index contributed by atoms with van der Waals surface area (Å²) in [5.41, 5.74) is 2.91. The number of nitrogens with one attached hydrogen (secondary N) is 1. The molecule has 4 nitrogen and oxygen atoms in total. The van der Waals surface area contributed by atoms with Gasteiger partial charge in [0, 0.05) is 43.3 Å². The van der Waals surface area contributed by atoms with Crippen molar-refractivity contribution in [1.29, 1.82) is 0 Å². The van der Waals surface area contributed by atoms with Gasteiger partial charge in [0.15, 0.2) is 0 Å². The van der Waals surface area contributed by atoms with Crippen LogP contribution < -0.4 is 5.32 Å². The molecule has 0 bridgehead atoms. The highest BCUT2D eigenvalue weighted by molar-refractivity contribution is 5.23. The Hall–Kier alpha value is -0.870. The summed E-state index contributed by atoms with van der Waals surface area (Å²) < 4.78 is 8.35. The Morgan fingerprint density at radius 3 is 2.95 bits per heavy atom. The Morgan fingerprint density at radius 2 is 2.26 bits per heavy atom. The number of aryl methyl sites for hydroxylation is 1. The smallest absolute Gasteiger partial charge is 0.106 e. The van der Waals surface area contributed by atoms with E-state index in [9.17, 15) is 0 Å². The number of rotatable bonds is 3. The lowest BCUT2D eigenvalue weighted by Crippen LogP contribution is -2.52. The molecule has 0 radical (unpaired) electrons. The molecule has 0 amide bonds. The molecule has 0 aromatic carbocycles. The van der Waals surface area contributed by atoms with E-state index in [2.05, 4.69) is 37.6 Å². The zero-order valence-corrected chi connectivity index (χ0v) is 12.5. The molecule has 2 unspecified atom stereocenters. The summed E-state index contributed by atoms with van der Waals surface area (Å²) in [7, 11) is 0. The van der Waals surface area contributed by atoms with Crippen LogP contribution in [0.25, 0.3) is 0 Å². The first kappa shape index (κ1) is 13.1. The third kappa shape index (κ3) is 1.93. The third-order valence-corrected chi connectivity index (χ3v) is 4.91. The standard InChI is InChI=1S/C15H25N3O/c1-5-19-14-8-13(15(14,3)4)18-10(2)17-11-9-16-7-6-12(11)18/h13-14,16H,5-9H2,1-4H3. The van der Waals surface area contributed by atoms with Gasteiger partial charge in [-0.1, -0.05) is 13.8 Å². The molecule has 4 heteroatoms. The van der Waals surface area contributed by atoms with Gasteiger partial charge in [-0.2, -0.15) is 0 Å². The van der Waals surface area contributed by atoms with Crippen LogP contribution in [0.15, 0.2) is 0 Å². The maximum Gasteiger partial charge on any atom is 0.106 e. The minimum Gasteiger partial charge on any atom is -0.378 e. The minimum atomic E-state index is 0.208. The molecular formula is C15H25N3O. The van der Waals surface area contributed by atoms with E-state index in [1.54, 1.807) is 0 Å². The fraction of sp³-hybridized carbons (Fsp3) is 0.800. The van der Waals surface area contributed by atoms with Gasteiger partial charge >= 0.3 is 0 Å². The van der Waals surface area contributed by atoms with Crippen LogP contribution in [0.3, 0.4) is 0 Å². The first-order chi connectivity index (χ1) is 9.05. The number of imidazole rings is 1. The molecule has 19 heavy (non-hydrogen) atoms. The highest BCUT2D eigenvalue weighted by Gasteiger charge is 2.51.